The van der Waals surface area contributed by atoms with Gasteiger partial charge in [-0.05, 0) is 37.3 Å². The molecule has 1 rings (SSSR count). The first kappa shape index (κ1) is 20.2. The largest absolute Gasteiger partial charge is 0.467 e. The Balaban J connectivity index is 2.48. The van der Waals surface area contributed by atoms with Gasteiger partial charge in [-0.3, -0.25) is 4.79 Å². The normalized spacial score (nSPS) is 13.8. The molecule has 2 atom stereocenters. The average molecular weight is 339 g/mol. The van der Waals surface area contributed by atoms with Gasteiger partial charge < -0.3 is 19.2 Å². The summed E-state index contributed by atoms with van der Waals surface area (Å²) in [4.78, 5) is 24.4. The number of hydrogen-bond donors (Lipinski definition) is 1. The molecule has 0 bridgehead atoms. The fourth-order valence-corrected chi connectivity index (χ4v) is 1.95. The second kappa shape index (κ2) is 10.1. The van der Waals surface area contributed by atoms with Crippen LogP contribution in [-0.2, 0) is 25.6 Å². The third-order valence-corrected chi connectivity index (χ3v) is 3.52. The molecule has 0 saturated heterocycles. The van der Waals surface area contributed by atoms with E-state index >= 15 is 0 Å². The van der Waals surface area contributed by atoms with Crippen LogP contribution in [0.1, 0.15) is 46.8 Å². The maximum atomic E-state index is 12.3. The van der Waals surface area contributed by atoms with Crippen LogP contribution in [0, 0.1) is 11.8 Å². The Morgan fingerprint density at radius 1 is 1.21 bits per heavy atom. The summed E-state index contributed by atoms with van der Waals surface area (Å²) < 4.78 is 16.0. The summed E-state index contributed by atoms with van der Waals surface area (Å²) in [6, 6.07) is 3.51. The lowest BCUT2D eigenvalue weighted by atomic mass is 10.1. The zero-order chi connectivity index (χ0) is 18.1. The molecule has 0 aliphatic rings. The molecular weight excluding hydrogens is 310 g/mol. The van der Waals surface area contributed by atoms with Gasteiger partial charge in [-0.15, -0.1) is 0 Å². The van der Waals surface area contributed by atoms with Crippen molar-refractivity contribution in [1.29, 1.82) is 0 Å². The Morgan fingerprint density at radius 3 is 2.46 bits per heavy atom. The molecule has 0 spiro atoms. The van der Waals surface area contributed by atoms with Crippen LogP contribution >= 0.6 is 0 Å². The lowest BCUT2D eigenvalue weighted by Gasteiger charge is -2.22. The van der Waals surface area contributed by atoms with Crippen molar-refractivity contribution in [3.05, 3.63) is 24.2 Å². The lowest BCUT2D eigenvalue weighted by molar-refractivity contribution is -0.168. The molecule has 0 aromatic carbocycles. The minimum Gasteiger partial charge on any atom is -0.467 e. The second-order valence-corrected chi connectivity index (χ2v) is 6.59. The highest BCUT2D eigenvalue weighted by Crippen LogP contribution is 2.11. The van der Waals surface area contributed by atoms with Crippen molar-refractivity contribution in [2.45, 2.75) is 59.8 Å². The van der Waals surface area contributed by atoms with E-state index in [2.05, 4.69) is 19.2 Å². The van der Waals surface area contributed by atoms with E-state index in [0.717, 1.165) is 6.42 Å². The van der Waals surface area contributed by atoms with Gasteiger partial charge in [0, 0.05) is 6.61 Å². The number of furan rings is 1. The minimum absolute atomic E-state index is 0.145. The molecule has 6 heteroatoms. The Hall–Kier alpha value is -1.82. The van der Waals surface area contributed by atoms with Crippen LogP contribution in [-0.4, -0.2) is 30.7 Å². The van der Waals surface area contributed by atoms with E-state index in [-0.39, 0.29) is 18.4 Å². The van der Waals surface area contributed by atoms with Gasteiger partial charge in [-0.25, -0.2) is 4.79 Å². The van der Waals surface area contributed by atoms with Crippen LogP contribution in [0.25, 0.3) is 0 Å². The van der Waals surface area contributed by atoms with Gasteiger partial charge in [0.1, 0.15) is 5.76 Å². The number of rotatable bonds is 10. The molecule has 1 N–H and O–H groups in total. The second-order valence-electron chi connectivity index (χ2n) is 6.59. The Labute approximate surface area is 143 Å². The number of nitrogens with one attached hydrogen (secondary N) is 1. The van der Waals surface area contributed by atoms with E-state index in [0.29, 0.717) is 18.3 Å². The molecule has 1 aromatic rings. The van der Waals surface area contributed by atoms with Gasteiger partial charge in [0.05, 0.1) is 12.8 Å². The maximum absolute atomic E-state index is 12.3. The zero-order valence-electron chi connectivity index (χ0n) is 15.2. The van der Waals surface area contributed by atoms with E-state index in [4.69, 9.17) is 13.9 Å². The number of ether oxygens (including phenoxy) is 2. The van der Waals surface area contributed by atoms with E-state index < -0.39 is 18.2 Å². The number of esters is 1. The first-order valence-electron chi connectivity index (χ1n) is 8.43. The molecule has 0 aliphatic carbocycles. The fourth-order valence-electron chi connectivity index (χ4n) is 1.95. The van der Waals surface area contributed by atoms with Crippen molar-refractivity contribution < 1.29 is 23.5 Å². The molecule has 1 amide bonds. The molecule has 1 aromatic heterocycles. The third kappa shape index (κ3) is 7.17. The summed E-state index contributed by atoms with van der Waals surface area (Å²) in [5.41, 5.74) is 0. The molecule has 24 heavy (non-hydrogen) atoms. The highest BCUT2D eigenvalue weighted by Gasteiger charge is 2.28. The number of amides is 1. The van der Waals surface area contributed by atoms with Crippen LogP contribution in [0.2, 0.25) is 0 Å². The molecule has 0 aliphatic heterocycles. The molecule has 2 unspecified atom stereocenters. The molecule has 0 radical (unpaired) electrons. The topological polar surface area (TPSA) is 77.8 Å². The summed E-state index contributed by atoms with van der Waals surface area (Å²) in [5.74, 6) is 0.134. The number of hydrogen-bond acceptors (Lipinski definition) is 5. The standard InChI is InChI=1S/C18H29NO5/c1-12(2)8-10-22-14(5)18(21)24-16(13(3)4)17(20)19-11-15-7-6-9-23-15/h6-7,9,12-14,16H,8,10-11H2,1-5H3,(H,19,20). The number of carbonyl (C=O) groups excluding carboxylic acids is 2. The summed E-state index contributed by atoms with van der Waals surface area (Å²) >= 11 is 0. The van der Waals surface area contributed by atoms with Crippen molar-refractivity contribution >= 4 is 11.9 Å². The van der Waals surface area contributed by atoms with Crippen LogP contribution in [0.4, 0.5) is 0 Å². The van der Waals surface area contributed by atoms with Crippen LogP contribution in [0.3, 0.4) is 0 Å². The Morgan fingerprint density at radius 2 is 1.92 bits per heavy atom. The van der Waals surface area contributed by atoms with Gasteiger partial charge in [-0.1, -0.05) is 27.7 Å². The Kier molecular flexibility index (Phi) is 8.54. The minimum atomic E-state index is -0.858. The van der Waals surface area contributed by atoms with Gasteiger partial charge >= 0.3 is 5.97 Å². The molecule has 1 heterocycles. The average Bonchev–Trinajstić information content (AvgIpc) is 3.02. The van der Waals surface area contributed by atoms with Crippen molar-refractivity contribution in [3.8, 4) is 0 Å². The molecule has 6 nitrogen and oxygen atoms in total. The highest BCUT2D eigenvalue weighted by atomic mass is 16.6. The van der Waals surface area contributed by atoms with Gasteiger partial charge in [0.25, 0.3) is 5.91 Å². The van der Waals surface area contributed by atoms with E-state index in [1.807, 2.05) is 13.8 Å². The van der Waals surface area contributed by atoms with E-state index in [9.17, 15) is 9.59 Å². The van der Waals surface area contributed by atoms with E-state index in [1.54, 1.807) is 19.1 Å². The maximum Gasteiger partial charge on any atom is 0.335 e. The van der Waals surface area contributed by atoms with Crippen LogP contribution in [0.5, 0.6) is 0 Å². The van der Waals surface area contributed by atoms with E-state index in [1.165, 1.54) is 6.26 Å². The first-order valence-corrected chi connectivity index (χ1v) is 8.43. The SMILES string of the molecule is CC(C)CCOC(C)C(=O)OC(C(=O)NCc1ccco1)C(C)C. The summed E-state index contributed by atoms with van der Waals surface area (Å²) in [6.45, 7) is 10.2. The Bertz CT molecular complexity index is 496. The van der Waals surface area contributed by atoms with Gasteiger partial charge in [-0.2, -0.15) is 0 Å². The van der Waals surface area contributed by atoms with Crippen molar-refractivity contribution in [2.75, 3.05) is 6.61 Å². The highest BCUT2D eigenvalue weighted by molar-refractivity contribution is 5.84. The summed E-state index contributed by atoms with van der Waals surface area (Å²) in [5, 5.41) is 2.72. The monoisotopic (exact) mass is 339 g/mol. The van der Waals surface area contributed by atoms with Gasteiger partial charge in [0.2, 0.25) is 0 Å². The zero-order valence-corrected chi connectivity index (χ0v) is 15.2. The molecular formula is C18H29NO5. The molecule has 0 saturated carbocycles. The number of carbonyl (C=O) groups is 2. The first-order chi connectivity index (χ1) is 11.3. The third-order valence-electron chi connectivity index (χ3n) is 3.52. The predicted octanol–water partition coefficient (Wildman–Crippen LogP) is 2.91. The molecule has 136 valence electrons. The predicted molar refractivity (Wildman–Crippen MR) is 90.1 cm³/mol. The summed E-state index contributed by atoms with van der Waals surface area (Å²) in [6.07, 6.45) is 0.860. The van der Waals surface area contributed by atoms with Gasteiger partial charge in [0.15, 0.2) is 12.2 Å². The molecule has 0 fully saturated rings. The van der Waals surface area contributed by atoms with Crippen LogP contribution < -0.4 is 5.32 Å². The van der Waals surface area contributed by atoms with Crippen molar-refractivity contribution in [3.63, 3.8) is 0 Å². The van der Waals surface area contributed by atoms with Crippen molar-refractivity contribution in [1.82, 2.24) is 5.32 Å². The fraction of sp³-hybridized carbons (Fsp3) is 0.667. The lowest BCUT2D eigenvalue weighted by Crippen LogP contribution is -2.42. The van der Waals surface area contributed by atoms with Crippen molar-refractivity contribution in [2.24, 2.45) is 11.8 Å². The van der Waals surface area contributed by atoms with Crippen LogP contribution in [0.15, 0.2) is 22.8 Å². The quantitative estimate of drug-likeness (QED) is 0.663. The smallest absolute Gasteiger partial charge is 0.335 e. The summed E-state index contributed by atoms with van der Waals surface area (Å²) in [7, 11) is 0.